The highest BCUT2D eigenvalue weighted by molar-refractivity contribution is 5.34. The van der Waals surface area contributed by atoms with Crippen molar-refractivity contribution in [3.8, 4) is 5.75 Å². The number of rotatable bonds is 4. The van der Waals surface area contributed by atoms with E-state index in [9.17, 15) is 0 Å². The zero-order chi connectivity index (χ0) is 16.9. The van der Waals surface area contributed by atoms with Crippen LogP contribution in [0.1, 0.15) is 17.7 Å². The number of hydrogen-bond acceptors (Lipinski definition) is 4. The molecule has 2 aliphatic rings. The number of pyridine rings is 1. The van der Waals surface area contributed by atoms with Crippen LogP contribution in [0.5, 0.6) is 5.75 Å². The number of fused-ring (bicyclic) bond motifs is 1. The largest absolute Gasteiger partial charge is 0.493 e. The fraction of sp³-hybridized carbons (Fsp3) is 0.476. The number of benzene rings is 1. The van der Waals surface area contributed by atoms with Crippen LogP contribution in [-0.4, -0.2) is 54.1 Å². The minimum absolute atomic E-state index is 0.700. The third kappa shape index (κ3) is 4.39. The molecule has 1 atom stereocenters. The van der Waals surface area contributed by atoms with Gasteiger partial charge in [0.05, 0.1) is 12.3 Å². The molecule has 1 saturated heterocycles. The van der Waals surface area contributed by atoms with Crippen LogP contribution in [0.15, 0.2) is 48.7 Å². The fourth-order valence-electron chi connectivity index (χ4n) is 3.93. The molecule has 1 aromatic heterocycles. The zero-order valence-corrected chi connectivity index (χ0v) is 14.8. The van der Waals surface area contributed by atoms with E-state index in [-0.39, 0.29) is 0 Å². The molecule has 0 spiro atoms. The number of ether oxygens (including phenoxy) is 1. The van der Waals surface area contributed by atoms with Crippen LogP contribution in [-0.2, 0) is 13.0 Å². The second-order valence-corrected chi connectivity index (χ2v) is 7.21. The highest BCUT2D eigenvalue weighted by Crippen LogP contribution is 2.27. The summed E-state index contributed by atoms with van der Waals surface area (Å²) in [5.41, 5.74) is 2.55. The number of para-hydroxylation sites is 1. The van der Waals surface area contributed by atoms with Gasteiger partial charge in [0.15, 0.2) is 0 Å². The van der Waals surface area contributed by atoms with E-state index in [4.69, 9.17) is 4.74 Å². The number of hydrogen-bond donors (Lipinski definition) is 0. The SMILES string of the molecule is c1ccc(CN2CCN(C[C@@H]3CCOc4ccccc4C3)CC2)nc1. The van der Waals surface area contributed by atoms with E-state index in [0.29, 0.717) is 5.92 Å². The highest BCUT2D eigenvalue weighted by atomic mass is 16.5. The first kappa shape index (κ1) is 16.6. The minimum Gasteiger partial charge on any atom is -0.493 e. The van der Waals surface area contributed by atoms with Gasteiger partial charge in [-0.15, -0.1) is 0 Å². The van der Waals surface area contributed by atoms with Gasteiger partial charge in [0.1, 0.15) is 5.75 Å². The third-order valence-corrected chi connectivity index (χ3v) is 5.36. The summed E-state index contributed by atoms with van der Waals surface area (Å²) < 4.78 is 5.92. The highest BCUT2D eigenvalue weighted by Gasteiger charge is 2.23. The molecule has 0 bridgehead atoms. The average molecular weight is 337 g/mol. The molecule has 2 aliphatic heterocycles. The van der Waals surface area contributed by atoms with E-state index in [0.717, 1.165) is 57.9 Å². The molecular formula is C21H27N3O. The summed E-state index contributed by atoms with van der Waals surface area (Å²) >= 11 is 0. The van der Waals surface area contributed by atoms with Crippen LogP contribution in [0.25, 0.3) is 0 Å². The standard InChI is InChI=1S/C21H27N3O/c1-2-7-21-19(5-1)15-18(8-14-25-21)16-23-10-12-24(13-11-23)17-20-6-3-4-9-22-20/h1-7,9,18H,8,10-17H2/t18-/m1/s1. The molecular weight excluding hydrogens is 310 g/mol. The van der Waals surface area contributed by atoms with Gasteiger partial charge in [0.25, 0.3) is 0 Å². The van der Waals surface area contributed by atoms with Gasteiger partial charge in [-0.05, 0) is 42.5 Å². The van der Waals surface area contributed by atoms with Crippen molar-refractivity contribution >= 4 is 0 Å². The van der Waals surface area contributed by atoms with Crippen molar-refractivity contribution in [2.24, 2.45) is 5.92 Å². The molecule has 0 amide bonds. The van der Waals surface area contributed by atoms with E-state index < -0.39 is 0 Å². The Hall–Kier alpha value is -1.91. The van der Waals surface area contributed by atoms with Crippen molar-refractivity contribution in [1.82, 2.24) is 14.8 Å². The molecule has 0 saturated carbocycles. The van der Waals surface area contributed by atoms with Gasteiger partial charge in [0, 0.05) is 45.5 Å². The van der Waals surface area contributed by atoms with Crippen molar-refractivity contribution in [3.05, 3.63) is 59.9 Å². The number of piperazine rings is 1. The molecule has 0 aliphatic carbocycles. The molecule has 4 heteroatoms. The van der Waals surface area contributed by atoms with E-state index >= 15 is 0 Å². The molecule has 1 aromatic carbocycles. The first-order valence-corrected chi connectivity index (χ1v) is 9.42. The summed E-state index contributed by atoms with van der Waals surface area (Å²) in [5, 5.41) is 0. The van der Waals surface area contributed by atoms with Crippen LogP contribution in [0, 0.1) is 5.92 Å². The third-order valence-electron chi connectivity index (χ3n) is 5.36. The lowest BCUT2D eigenvalue weighted by Gasteiger charge is -2.36. The topological polar surface area (TPSA) is 28.6 Å². The Morgan fingerprint density at radius 2 is 1.76 bits per heavy atom. The Balaban J connectivity index is 1.27. The van der Waals surface area contributed by atoms with Crippen molar-refractivity contribution in [2.45, 2.75) is 19.4 Å². The second-order valence-electron chi connectivity index (χ2n) is 7.21. The summed E-state index contributed by atoms with van der Waals surface area (Å²) in [6.07, 6.45) is 4.19. The minimum atomic E-state index is 0.700. The summed E-state index contributed by atoms with van der Waals surface area (Å²) in [4.78, 5) is 9.60. The van der Waals surface area contributed by atoms with E-state index in [1.165, 1.54) is 17.8 Å². The molecule has 3 heterocycles. The van der Waals surface area contributed by atoms with E-state index in [1.807, 2.05) is 12.3 Å². The van der Waals surface area contributed by atoms with Crippen molar-refractivity contribution in [3.63, 3.8) is 0 Å². The van der Waals surface area contributed by atoms with Gasteiger partial charge in [-0.3, -0.25) is 9.88 Å². The second kappa shape index (κ2) is 7.98. The molecule has 25 heavy (non-hydrogen) atoms. The lowest BCUT2D eigenvalue weighted by Crippen LogP contribution is -2.47. The Morgan fingerprint density at radius 3 is 2.60 bits per heavy atom. The number of aromatic nitrogens is 1. The molecule has 2 aromatic rings. The Kier molecular flexibility index (Phi) is 5.28. The van der Waals surface area contributed by atoms with Gasteiger partial charge in [-0.25, -0.2) is 0 Å². The van der Waals surface area contributed by atoms with Crippen molar-refractivity contribution < 1.29 is 4.74 Å². The normalized spacial score (nSPS) is 22.0. The lowest BCUT2D eigenvalue weighted by molar-refractivity contribution is 0.109. The quantitative estimate of drug-likeness (QED) is 0.858. The Labute approximate surface area is 150 Å². The van der Waals surface area contributed by atoms with Crippen LogP contribution >= 0.6 is 0 Å². The van der Waals surface area contributed by atoms with Gasteiger partial charge in [0.2, 0.25) is 0 Å². The van der Waals surface area contributed by atoms with E-state index in [2.05, 4.69) is 51.2 Å². The molecule has 0 radical (unpaired) electrons. The predicted molar refractivity (Wildman–Crippen MR) is 99.7 cm³/mol. The molecule has 132 valence electrons. The van der Waals surface area contributed by atoms with Crippen LogP contribution < -0.4 is 4.74 Å². The summed E-state index contributed by atoms with van der Waals surface area (Å²) in [5.74, 6) is 1.79. The maximum atomic E-state index is 5.92. The molecule has 0 N–H and O–H groups in total. The zero-order valence-electron chi connectivity index (χ0n) is 14.8. The van der Waals surface area contributed by atoms with Crippen molar-refractivity contribution in [2.75, 3.05) is 39.3 Å². The molecule has 4 nitrogen and oxygen atoms in total. The van der Waals surface area contributed by atoms with Crippen LogP contribution in [0.2, 0.25) is 0 Å². The maximum absolute atomic E-state index is 5.92. The van der Waals surface area contributed by atoms with Gasteiger partial charge in [-0.1, -0.05) is 24.3 Å². The Morgan fingerprint density at radius 1 is 0.960 bits per heavy atom. The predicted octanol–water partition coefficient (Wildman–Crippen LogP) is 2.84. The van der Waals surface area contributed by atoms with Crippen LogP contribution in [0.4, 0.5) is 0 Å². The summed E-state index contributed by atoms with van der Waals surface area (Å²) in [6, 6.07) is 14.7. The molecule has 1 fully saturated rings. The van der Waals surface area contributed by atoms with Gasteiger partial charge < -0.3 is 9.64 Å². The van der Waals surface area contributed by atoms with Crippen LogP contribution in [0.3, 0.4) is 0 Å². The first-order valence-electron chi connectivity index (χ1n) is 9.42. The first-order chi connectivity index (χ1) is 12.4. The summed E-state index contributed by atoms with van der Waals surface area (Å²) in [6.45, 7) is 7.60. The molecule has 0 unspecified atom stereocenters. The summed E-state index contributed by atoms with van der Waals surface area (Å²) in [7, 11) is 0. The Bertz CT molecular complexity index is 668. The van der Waals surface area contributed by atoms with Gasteiger partial charge in [-0.2, -0.15) is 0 Å². The fourth-order valence-corrected chi connectivity index (χ4v) is 3.93. The molecule has 4 rings (SSSR count). The monoisotopic (exact) mass is 337 g/mol. The smallest absolute Gasteiger partial charge is 0.122 e. The lowest BCUT2D eigenvalue weighted by atomic mass is 9.96. The van der Waals surface area contributed by atoms with E-state index in [1.54, 1.807) is 0 Å². The maximum Gasteiger partial charge on any atom is 0.122 e. The van der Waals surface area contributed by atoms with Gasteiger partial charge >= 0.3 is 0 Å². The average Bonchev–Trinajstić information content (AvgIpc) is 2.86. The number of nitrogens with zero attached hydrogens (tertiary/aromatic N) is 3. The van der Waals surface area contributed by atoms with Crippen molar-refractivity contribution in [1.29, 1.82) is 0 Å².